The van der Waals surface area contributed by atoms with E-state index in [9.17, 15) is 4.79 Å². The number of aromatic nitrogens is 2. The van der Waals surface area contributed by atoms with Crippen molar-refractivity contribution in [3.8, 4) is 0 Å². The highest BCUT2D eigenvalue weighted by Gasteiger charge is 2.35. The minimum atomic E-state index is -0.0568. The second kappa shape index (κ2) is 7.42. The summed E-state index contributed by atoms with van der Waals surface area (Å²) in [6, 6.07) is 0.253. The van der Waals surface area contributed by atoms with Gasteiger partial charge in [-0.1, -0.05) is 6.92 Å². The number of amides is 1. The monoisotopic (exact) mass is 322 g/mol. The number of carbonyl (C=O) groups excluding carboxylic acids is 1. The molecule has 0 aliphatic carbocycles. The molecule has 128 valence electrons. The number of rotatable bonds is 5. The van der Waals surface area contributed by atoms with Crippen molar-refractivity contribution in [1.29, 1.82) is 0 Å². The van der Waals surface area contributed by atoms with Crippen LogP contribution < -0.4 is 5.32 Å². The molecule has 3 heterocycles. The van der Waals surface area contributed by atoms with E-state index in [0.717, 1.165) is 45.0 Å². The van der Waals surface area contributed by atoms with Gasteiger partial charge in [0.05, 0.1) is 49.8 Å². The molecule has 1 N–H and O–H groups in total. The Morgan fingerprint density at radius 1 is 1.35 bits per heavy atom. The van der Waals surface area contributed by atoms with Crippen LogP contribution in [-0.4, -0.2) is 72.2 Å². The molecule has 1 aromatic heterocycles. The Hall–Kier alpha value is -1.44. The standard InChI is InChI=1S/C16H26N4O3/c1-3-4-20-9-13(12(2)18-20)16(21)17-14-10-23-11-15(14)19-5-7-22-8-6-19/h9,14-15H,3-8,10-11H2,1-2H3,(H,17,21)/t14-,15-/m0/s1. The smallest absolute Gasteiger partial charge is 0.255 e. The first-order valence-corrected chi connectivity index (χ1v) is 8.43. The third-order valence-electron chi connectivity index (χ3n) is 4.53. The first kappa shape index (κ1) is 16.4. The molecule has 2 fully saturated rings. The van der Waals surface area contributed by atoms with Gasteiger partial charge in [-0.05, 0) is 13.3 Å². The van der Waals surface area contributed by atoms with Crippen molar-refractivity contribution in [3.05, 3.63) is 17.5 Å². The number of nitrogens with zero attached hydrogens (tertiary/aromatic N) is 3. The molecule has 3 rings (SSSR count). The van der Waals surface area contributed by atoms with Crippen molar-refractivity contribution in [2.75, 3.05) is 39.5 Å². The molecule has 1 aromatic rings. The topological polar surface area (TPSA) is 68.6 Å². The quantitative estimate of drug-likeness (QED) is 0.851. The molecule has 0 saturated carbocycles. The number of morpholine rings is 1. The van der Waals surface area contributed by atoms with Crippen LogP contribution in [0.1, 0.15) is 29.4 Å². The SMILES string of the molecule is CCCn1cc(C(=O)N[C@H]2COC[C@@H]2N2CCOCC2)c(C)n1. The Balaban J connectivity index is 1.64. The second-order valence-electron chi connectivity index (χ2n) is 6.22. The summed E-state index contributed by atoms with van der Waals surface area (Å²) in [5.74, 6) is -0.0568. The van der Waals surface area contributed by atoms with Crippen LogP contribution in [0.4, 0.5) is 0 Å². The second-order valence-corrected chi connectivity index (χ2v) is 6.22. The van der Waals surface area contributed by atoms with Gasteiger partial charge in [0.15, 0.2) is 0 Å². The van der Waals surface area contributed by atoms with Crippen LogP contribution in [0.25, 0.3) is 0 Å². The third-order valence-corrected chi connectivity index (χ3v) is 4.53. The van der Waals surface area contributed by atoms with Crippen molar-refractivity contribution >= 4 is 5.91 Å². The van der Waals surface area contributed by atoms with Crippen molar-refractivity contribution in [1.82, 2.24) is 20.0 Å². The predicted octanol–water partition coefficient (Wildman–Crippen LogP) is 0.431. The number of carbonyl (C=O) groups is 1. The van der Waals surface area contributed by atoms with Crippen LogP contribution in [0.15, 0.2) is 6.20 Å². The Bertz CT molecular complexity index is 539. The number of aryl methyl sites for hydroxylation is 2. The lowest BCUT2D eigenvalue weighted by Gasteiger charge is -2.34. The molecule has 0 bridgehead atoms. The van der Waals surface area contributed by atoms with E-state index in [1.165, 1.54) is 0 Å². The fourth-order valence-electron chi connectivity index (χ4n) is 3.28. The van der Waals surface area contributed by atoms with E-state index in [0.29, 0.717) is 18.8 Å². The Morgan fingerprint density at radius 3 is 2.87 bits per heavy atom. The molecule has 7 heteroatoms. The van der Waals surface area contributed by atoms with E-state index >= 15 is 0 Å². The molecule has 0 radical (unpaired) electrons. The lowest BCUT2D eigenvalue weighted by atomic mass is 10.1. The normalized spacial score (nSPS) is 25.7. The molecule has 2 aliphatic rings. The zero-order valence-electron chi connectivity index (χ0n) is 14.0. The van der Waals surface area contributed by atoms with Crippen molar-refractivity contribution in [2.45, 2.75) is 38.9 Å². The average molecular weight is 322 g/mol. The Labute approximate surface area is 136 Å². The summed E-state index contributed by atoms with van der Waals surface area (Å²) in [5.41, 5.74) is 1.43. The molecule has 7 nitrogen and oxygen atoms in total. The van der Waals surface area contributed by atoms with Gasteiger partial charge in [-0.3, -0.25) is 14.4 Å². The first-order valence-electron chi connectivity index (χ1n) is 8.43. The molecule has 23 heavy (non-hydrogen) atoms. The van der Waals surface area contributed by atoms with Crippen molar-refractivity contribution in [2.24, 2.45) is 0 Å². The lowest BCUT2D eigenvalue weighted by molar-refractivity contribution is 0.0108. The molecular weight excluding hydrogens is 296 g/mol. The summed E-state index contributed by atoms with van der Waals surface area (Å²) in [5, 5.41) is 7.54. The third kappa shape index (κ3) is 3.73. The summed E-state index contributed by atoms with van der Waals surface area (Å²) in [6.45, 7) is 9.33. The molecule has 2 saturated heterocycles. The maximum atomic E-state index is 12.6. The van der Waals surface area contributed by atoms with Crippen molar-refractivity contribution in [3.63, 3.8) is 0 Å². The van der Waals surface area contributed by atoms with E-state index in [1.807, 2.05) is 17.8 Å². The number of hydrogen-bond acceptors (Lipinski definition) is 5. The van der Waals surface area contributed by atoms with Crippen LogP contribution in [0.2, 0.25) is 0 Å². The number of hydrogen-bond donors (Lipinski definition) is 1. The molecule has 2 aliphatic heterocycles. The van der Waals surface area contributed by atoms with Gasteiger partial charge in [0.1, 0.15) is 0 Å². The molecule has 0 spiro atoms. The molecular formula is C16H26N4O3. The summed E-state index contributed by atoms with van der Waals surface area (Å²) >= 11 is 0. The average Bonchev–Trinajstić information content (AvgIpc) is 3.15. The van der Waals surface area contributed by atoms with E-state index in [1.54, 1.807) is 0 Å². The van der Waals surface area contributed by atoms with Gasteiger partial charge >= 0.3 is 0 Å². The van der Waals surface area contributed by atoms with Crippen molar-refractivity contribution < 1.29 is 14.3 Å². The zero-order valence-corrected chi connectivity index (χ0v) is 14.0. The Morgan fingerprint density at radius 2 is 2.13 bits per heavy atom. The van der Waals surface area contributed by atoms with Gasteiger partial charge in [0.2, 0.25) is 0 Å². The fraction of sp³-hybridized carbons (Fsp3) is 0.750. The number of ether oxygens (including phenoxy) is 2. The van der Waals surface area contributed by atoms with Crippen LogP contribution in [-0.2, 0) is 16.0 Å². The maximum absolute atomic E-state index is 12.6. The first-order chi connectivity index (χ1) is 11.2. The van der Waals surface area contributed by atoms with E-state index in [-0.39, 0.29) is 18.0 Å². The maximum Gasteiger partial charge on any atom is 0.255 e. The minimum Gasteiger partial charge on any atom is -0.379 e. The predicted molar refractivity (Wildman–Crippen MR) is 85.5 cm³/mol. The summed E-state index contributed by atoms with van der Waals surface area (Å²) < 4.78 is 12.9. The summed E-state index contributed by atoms with van der Waals surface area (Å²) in [7, 11) is 0. The van der Waals surface area contributed by atoms with E-state index in [2.05, 4.69) is 22.2 Å². The van der Waals surface area contributed by atoms with Gasteiger partial charge in [-0.15, -0.1) is 0 Å². The highest BCUT2D eigenvalue weighted by atomic mass is 16.5. The van der Waals surface area contributed by atoms with Crippen LogP contribution in [0.3, 0.4) is 0 Å². The van der Waals surface area contributed by atoms with Gasteiger partial charge in [0, 0.05) is 25.8 Å². The lowest BCUT2D eigenvalue weighted by Crippen LogP contribution is -2.54. The van der Waals surface area contributed by atoms with Gasteiger partial charge < -0.3 is 14.8 Å². The van der Waals surface area contributed by atoms with Crippen LogP contribution >= 0.6 is 0 Å². The fourth-order valence-corrected chi connectivity index (χ4v) is 3.28. The van der Waals surface area contributed by atoms with Crippen LogP contribution in [0, 0.1) is 6.92 Å². The van der Waals surface area contributed by atoms with Gasteiger partial charge in [-0.2, -0.15) is 5.10 Å². The summed E-state index contributed by atoms with van der Waals surface area (Å²) in [6.07, 6.45) is 2.84. The molecule has 0 aromatic carbocycles. The zero-order chi connectivity index (χ0) is 16.2. The van der Waals surface area contributed by atoms with Crippen LogP contribution in [0.5, 0.6) is 0 Å². The highest BCUT2D eigenvalue weighted by Crippen LogP contribution is 2.16. The number of nitrogens with one attached hydrogen (secondary N) is 1. The van der Waals surface area contributed by atoms with E-state index in [4.69, 9.17) is 9.47 Å². The van der Waals surface area contributed by atoms with Gasteiger partial charge in [-0.25, -0.2) is 0 Å². The largest absolute Gasteiger partial charge is 0.379 e. The van der Waals surface area contributed by atoms with Gasteiger partial charge in [0.25, 0.3) is 5.91 Å². The molecule has 2 atom stereocenters. The molecule has 1 amide bonds. The highest BCUT2D eigenvalue weighted by molar-refractivity contribution is 5.95. The Kier molecular flexibility index (Phi) is 5.30. The molecule has 0 unspecified atom stereocenters. The van der Waals surface area contributed by atoms with E-state index < -0.39 is 0 Å². The summed E-state index contributed by atoms with van der Waals surface area (Å²) in [4.78, 5) is 15.0. The minimum absolute atomic E-state index is 0.0227.